The summed E-state index contributed by atoms with van der Waals surface area (Å²) in [6, 6.07) is 3.36. The number of hydrogen-bond acceptors (Lipinski definition) is 7. The predicted octanol–water partition coefficient (Wildman–Crippen LogP) is 2.92. The number of esters is 1. The molecular weight excluding hydrogens is 342 g/mol. The summed E-state index contributed by atoms with van der Waals surface area (Å²) >= 11 is 0. The highest BCUT2D eigenvalue weighted by atomic mass is 16.6. The Hall–Kier alpha value is -2.55. The number of rotatable bonds is 5. The van der Waals surface area contributed by atoms with Crippen LogP contribution in [0.25, 0.3) is 0 Å². The minimum Gasteiger partial charge on any atom is -0.462 e. The Kier molecular flexibility index (Phi) is 5.46. The van der Waals surface area contributed by atoms with Gasteiger partial charge < -0.3 is 4.74 Å². The van der Waals surface area contributed by atoms with Gasteiger partial charge in [-0.3, -0.25) is 25.1 Å². The molecule has 2 atom stereocenters. The predicted molar refractivity (Wildman–Crippen MR) is 92.0 cm³/mol. The summed E-state index contributed by atoms with van der Waals surface area (Å²) in [7, 11) is 0. The topological polar surface area (TPSA) is 116 Å². The molecule has 1 aromatic rings. The summed E-state index contributed by atoms with van der Waals surface area (Å²) in [5.41, 5.74) is -1.29. The van der Waals surface area contributed by atoms with Gasteiger partial charge in [0.15, 0.2) is 0 Å². The van der Waals surface area contributed by atoms with Crippen molar-refractivity contribution in [1.29, 1.82) is 0 Å². The van der Waals surface area contributed by atoms with Crippen LogP contribution in [0.4, 0.5) is 11.4 Å². The van der Waals surface area contributed by atoms with Crippen LogP contribution in [0.3, 0.4) is 0 Å². The van der Waals surface area contributed by atoms with E-state index in [9.17, 15) is 25.0 Å². The molecule has 0 N–H and O–H groups in total. The largest absolute Gasteiger partial charge is 0.462 e. The van der Waals surface area contributed by atoms with E-state index in [1.165, 1.54) is 12.8 Å². The van der Waals surface area contributed by atoms with Crippen LogP contribution in [-0.4, -0.2) is 46.5 Å². The Bertz CT molecular complexity index is 720. The van der Waals surface area contributed by atoms with E-state index in [1.54, 1.807) is 0 Å². The van der Waals surface area contributed by atoms with Crippen LogP contribution in [0.2, 0.25) is 0 Å². The van der Waals surface area contributed by atoms with Gasteiger partial charge in [-0.25, -0.2) is 4.79 Å². The number of ether oxygens (including phenoxy) is 1. The molecule has 0 amide bonds. The lowest BCUT2D eigenvalue weighted by Crippen LogP contribution is -2.49. The number of non-ortho nitro benzene ring substituents is 1. The Morgan fingerprint density at radius 3 is 2.62 bits per heavy atom. The summed E-state index contributed by atoms with van der Waals surface area (Å²) in [6.45, 7) is 2.36. The number of piperidine rings is 2. The van der Waals surface area contributed by atoms with Crippen molar-refractivity contribution in [2.24, 2.45) is 5.92 Å². The summed E-state index contributed by atoms with van der Waals surface area (Å²) in [4.78, 5) is 35.2. The average Bonchev–Trinajstić information content (AvgIpc) is 2.65. The Morgan fingerprint density at radius 1 is 1.12 bits per heavy atom. The monoisotopic (exact) mass is 363 g/mol. The van der Waals surface area contributed by atoms with Crippen molar-refractivity contribution in [3.8, 4) is 0 Å². The van der Waals surface area contributed by atoms with Crippen LogP contribution in [0.1, 0.15) is 42.5 Å². The number of fused-ring (bicyclic) bond motifs is 1. The van der Waals surface area contributed by atoms with Crippen LogP contribution < -0.4 is 0 Å². The smallest absolute Gasteiger partial charge is 0.345 e. The molecule has 1 aromatic carbocycles. The van der Waals surface area contributed by atoms with Gasteiger partial charge >= 0.3 is 5.97 Å². The van der Waals surface area contributed by atoms with E-state index in [0.29, 0.717) is 6.04 Å². The molecule has 2 aliphatic heterocycles. The summed E-state index contributed by atoms with van der Waals surface area (Å²) in [5, 5.41) is 21.9. The molecule has 0 saturated carbocycles. The molecule has 26 heavy (non-hydrogen) atoms. The molecule has 0 radical (unpaired) electrons. The van der Waals surface area contributed by atoms with Gasteiger partial charge in [-0.1, -0.05) is 6.42 Å². The maximum atomic E-state index is 12.3. The Labute approximate surface area is 150 Å². The highest BCUT2D eigenvalue weighted by molar-refractivity contribution is 5.94. The van der Waals surface area contributed by atoms with Gasteiger partial charge in [-0.15, -0.1) is 0 Å². The van der Waals surface area contributed by atoms with E-state index in [4.69, 9.17) is 4.74 Å². The second-order valence-corrected chi connectivity index (χ2v) is 6.82. The second kappa shape index (κ2) is 7.77. The average molecular weight is 363 g/mol. The van der Waals surface area contributed by atoms with E-state index in [0.717, 1.165) is 50.6 Å². The van der Waals surface area contributed by atoms with Crippen LogP contribution in [0.15, 0.2) is 18.2 Å². The summed E-state index contributed by atoms with van der Waals surface area (Å²) in [5.74, 6) is -0.579. The third-order valence-corrected chi connectivity index (χ3v) is 5.27. The third-order valence-electron chi connectivity index (χ3n) is 5.27. The molecule has 9 nitrogen and oxygen atoms in total. The van der Waals surface area contributed by atoms with Crippen molar-refractivity contribution in [3.63, 3.8) is 0 Å². The maximum Gasteiger partial charge on any atom is 0.345 e. The van der Waals surface area contributed by atoms with Crippen molar-refractivity contribution >= 4 is 17.3 Å². The van der Waals surface area contributed by atoms with Gasteiger partial charge in [0, 0.05) is 18.0 Å². The Morgan fingerprint density at radius 2 is 1.88 bits per heavy atom. The lowest BCUT2D eigenvalue weighted by Gasteiger charge is -2.44. The zero-order valence-corrected chi connectivity index (χ0v) is 14.3. The van der Waals surface area contributed by atoms with E-state index in [-0.39, 0.29) is 18.1 Å². The molecule has 2 saturated heterocycles. The highest BCUT2D eigenvalue weighted by Crippen LogP contribution is 2.31. The minimum absolute atomic E-state index is 0.216. The molecule has 140 valence electrons. The van der Waals surface area contributed by atoms with Gasteiger partial charge in [0.1, 0.15) is 5.56 Å². The number of nitro groups is 2. The molecule has 2 aliphatic rings. The molecule has 9 heteroatoms. The van der Waals surface area contributed by atoms with E-state index >= 15 is 0 Å². The first-order chi connectivity index (χ1) is 12.5. The molecular formula is C17H21N3O6. The second-order valence-electron chi connectivity index (χ2n) is 6.82. The van der Waals surface area contributed by atoms with Crippen LogP contribution >= 0.6 is 0 Å². The molecule has 2 heterocycles. The molecule has 0 bridgehead atoms. The fourth-order valence-corrected chi connectivity index (χ4v) is 3.99. The Balaban J connectivity index is 1.70. The minimum atomic E-state index is -0.806. The summed E-state index contributed by atoms with van der Waals surface area (Å²) in [6.07, 6.45) is 5.46. The fourth-order valence-electron chi connectivity index (χ4n) is 3.99. The number of nitro benzene ring substituents is 2. The quantitative estimate of drug-likeness (QED) is 0.448. The van der Waals surface area contributed by atoms with Gasteiger partial charge in [-0.05, 0) is 44.8 Å². The lowest BCUT2D eigenvalue weighted by molar-refractivity contribution is -0.394. The van der Waals surface area contributed by atoms with E-state index < -0.39 is 27.2 Å². The van der Waals surface area contributed by atoms with Crippen molar-refractivity contribution in [2.45, 2.75) is 38.1 Å². The SMILES string of the molecule is O=C(OC[C@@H]1CCCN2CCCC[C@H]12)c1ccc([N+](=O)[O-])cc1[N+](=O)[O-]. The van der Waals surface area contributed by atoms with Crippen molar-refractivity contribution in [2.75, 3.05) is 19.7 Å². The standard InChI is InChI=1S/C17H21N3O6/c21-17(14-7-6-13(19(22)23)10-16(14)20(24)25)26-11-12-4-3-9-18-8-2-1-5-15(12)18/h6-7,10,12,15H,1-5,8-9,11H2/t12-,15+/m0/s1. The number of carbonyl (C=O) groups excluding carboxylic acids is 1. The number of benzene rings is 1. The van der Waals surface area contributed by atoms with Gasteiger partial charge in [-0.2, -0.15) is 0 Å². The first-order valence-electron chi connectivity index (χ1n) is 8.81. The molecule has 0 aliphatic carbocycles. The summed E-state index contributed by atoms with van der Waals surface area (Å²) < 4.78 is 5.37. The van der Waals surface area contributed by atoms with Crippen molar-refractivity contribution in [3.05, 3.63) is 44.0 Å². The zero-order chi connectivity index (χ0) is 18.7. The van der Waals surface area contributed by atoms with Crippen molar-refractivity contribution < 1.29 is 19.4 Å². The molecule has 2 fully saturated rings. The fraction of sp³-hybridized carbons (Fsp3) is 0.588. The van der Waals surface area contributed by atoms with Crippen LogP contribution in [0, 0.1) is 26.1 Å². The molecule has 0 aromatic heterocycles. The third kappa shape index (κ3) is 3.82. The van der Waals surface area contributed by atoms with Gasteiger partial charge in [0.05, 0.1) is 22.5 Å². The van der Waals surface area contributed by atoms with E-state index in [1.807, 2.05) is 0 Å². The molecule has 0 spiro atoms. The van der Waals surface area contributed by atoms with Crippen LogP contribution in [-0.2, 0) is 4.74 Å². The van der Waals surface area contributed by atoms with E-state index in [2.05, 4.69) is 4.90 Å². The molecule has 0 unspecified atom stereocenters. The maximum absolute atomic E-state index is 12.3. The first-order valence-corrected chi connectivity index (χ1v) is 8.81. The number of nitrogens with zero attached hydrogens (tertiary/aromatic N) is 3. The molecule has 3 rings (SSSR count). The number of hydrogen-bond donors (Lipinski definition) is 0. The van der Waals surface area contributed by atoms with Crippen molar-refractivity contribution in [1.82, 2.24) is 4.90 Å². The van der Waals surface area contributed by atoms with Crippen LogP contribution in [0.5, 0.6) is 0 Å². The first kappa shape index (κ1) is 18.2. The van der Waals surface area contributed by atoms with Gasteiger partial charge in [0.2, 0.25) is 0 Å². The normalized spacial score (nSPS) is 23.1. The zero-order valence-electron chi connectivity index (χ0n) is 14.3. The lowest BCUT2D eigenvalue weighted by atomic mass is 9.84. The number of carbonyl (C=O) groups is 1. The van der Waals surface area contributed by atoms with Gasteiger partial charge in [0.25, 0.3) is 11.4 Å². The highest BCUT2D eigenvalue weighted by Gasteiger charge is 2.34.